The predicted molar refractivity (Wildman–Crippen MR) is 79.4 cm³/mol. The van der Waals surface area contributed by atoms with Crippen LogP contribution in [-0.4, -0.2) is 21.6 Å². The quantitative estimate of drug-likeness (QED) is 0.629. The molecule has 5 nitrogen and oxygen atoms in total. The van der Waals surface area contributed by atoms with Gasteiger partial charge in [-0.25, -0.2) is 8.42 Å². The fraction of sp³-hybridized carbons (Fsp3) is 0.200. The maximum atomic E-state index is 12.0. The fourth-order valence-corrected chi connectivity index (χ4v) is 2.82. The van der Waals surface area contributed by atoms with Crippen LogP contribution in [0.2, 0.25) is 0 Å². The molecular formula is C15H17NO4S. The second-order valence-corrected chi connectivity index (χ2v) is 5.98. The van der Waals surface area contributed by atoms with Crippen molar-refractivity contribution in [3.63, 3.8) is 0 Å². The number of benzene rings is 2. The summed E-state index contributed by atoms with van der Waals surface area (Å²) in [6.07, 6.45) is 0. The molecule has 0 bridgehead atoms. The van der Waals surface area contributed by atoms with E-state index in [-0.39, 0.29) is 18.1 Å². The Bertz CT molecular complexity index is 671. The fourth-order valence-electron chi connectivity index (χ4n) is 1.74. The lowest BCUT2D eigenvalue weighted by molar-refractivity contribution is 0.0665. The van der Waals surface area contributed by atoms with E-state index in [4.69, 9.17) is 9.57 Å². The van der Waals surface area contributed by atoms with Gasteiger partial charge in [-0.15, -0.1) is 0 Å². The average Bonchev–Trinajstić information content (AvgIpc) is 2.48. The van der Waals surface area contributed by atoms with Gasteiger partial charge in [0, 0.05) is 0 Å². The number of sulfonamides is 1. The van der Waals surface area contributed by atoms with Gasteiger partial charge in [0.05, 0.1) is 4.90 Å². The van der Waals surface area contributed by atoms with E-state index in [1.165, 1.54) is 6.07 Å². The van der Waals surface area contributed by atoms with E-state index >= 15 is 0 Å². The van der Waals surface area contributed by atoms with Crippen LogP contribution in [0.1, 0.15) is 5.56 Å². The topological polar surface area (TPSA) is 64.6 Å². The average molecular weight is 307 g/mol. The van der Waals surface area contributed by atoms with E-state index in [9.17, 15) is 8.42 Å². The number of para-hydroxylation sites is 1. The molecule has 0 radical (unpaired) electrons. The molecule has 0 heterocycles. The summed E-state index contributed by atoms with van der Waals surface area (Å²) >= 11 is 0. The summed E-state index contributed by atoms with van der Waals surface area (Å²) < 4.78 is 29.4. The van der Waals surface area contributed by atoms with Gasteiger partial charge in [0.2, 0.25) is 0 Å². The zero-order chi connectivity index (χ0) is 15.1. The molecule has 6 heteroatoms. The third-order valence-electron chi connectivity index (χ3n) is 2.75. The molecule has 0 fully saturated rings. The van der Waals surface area contributed by atoms with Gasteiger partial charge in [-0.05, 0) is 30.7 Å². The molecule has 2 aromatic carbocycles. The molecular weight excluding hydrogens is 290 g/mol. The highest BCUT2D eigenvalue weighted by Crippen LogP contribution is 2.13. The summed E-state index contributed by atoms with van der Waals surface area (Å²) in [6, 6.07) is 15.9. The summed E-state index contributed by atoms with van der Waals surface area (Å²) in [7, 11) is -3.66. The van der Waals surface area contributed by atoms with E-state index in [1.807, 2.05) is 30.3 Å². The van der Waals surface area contributed by atoms with Crippen molar-refractivity contribution >= 4 is 10.0 Å². The normalized spacial score (nSPS) is 11.3. The molecule has 2 aromatic rings. The Kier molecular flexibility index (Phi) is 5.32. The molecule has 0 aliphatic carbocycles. The lowest BCUT2D eigenvalue weighted by atomic mass is 10.2. The molecule has 112 valence electrons. The molecule has 0 saturated heterocycles. The van der Waals surface area contributed by atoms with Crippen molar-refractivity contribution in [3.8, 4) is 5.75 Å². The first-order chi connectivity index (χ1) is 10.1. The first-order valence-corrected chi connectivity index (χ1v) is 7.95. The van der Waals surface area contributed by atoms with E-state index in [0.717, 1.165) is 0 Å². The largest absolute Gasteiger partial charge is 0.491 e. The van der Waals surface area contributed by atoms with Crippen molar-refractivity contribution in [2.45, 2.75) is 11.8 Å². The zero-order valence-electron chi connectivity index (χ0n) is 11.7. The minimum absolute atomic E-state index is 0.111. The third-order valence-corrected chi connectivity index (χ3v) is 4.12. The van der Waals surface area contributed by atoms with Crippen LogP contribution in [0.25, 0.3) is 0 Å². The van der Waals surface area contributed by atoms with E-state index in [0.29, 0.717) is 11.3 Å². The zero-order valence-corrected chi connectivity index (χ0v) is 12.5. The lowest BCUT2D eigenvalue weighted by Crippen LogP contribution is -2.26. The van der Waals surface area contributed by atoms with Crippen molar-refractivity contribution < 1.29 is 18.0 Å². The lowest BCUT2D eigenvalue weighted by Gasteiger charge is -2.10. The smallest absolute Gasteiger partial charge is 0.262 e. The van der Waals surface area contributed by atoms with Gasteiger partial charge in [-0.2, -0.15) is 0 Å². The first-order valence-electron chi connectivity index (χ1n) is 6.47. The summed E-state index contributed by atoms with van der Waals surface area (Å²) in [4.78, 5) is 7.26. The molecule has 0 amide bonds. The molecule has 0 aliphatic rings. The Balaban J connectivity index is 1.79. The molecule has 0 aromatic heterocycles. The van der Waals surface area contributed by atoms with Gasteiger partial charge in [0.1, 0.15) is 19.0 Å². The monoisotopic (exact) mass is 307 g/mol. The van der Waals surface area contributed by atoms with Crippen LogP contribution < -0.4 is 9.62 Å². The van der Waals surface area contributed by atoms with Crippen molar-refractivity contribution in [2.24, 2.45) is 0 Å². The van der Waals surface area contributed by atoms with E-state index in [1.54, 1.807) is 25.1 Å². The van der Waals surface area contributed by atoms with Crippen LogP contribution in [0.3, 0.4) is 0 Å². The molecule has 0 unspecified atom stereocenters. The van der Waals surface area contributed by atoms with Crippen LogP contribution in [0.5, 0.6) is 5.75 Å². The number of rotatable bonds is 7. The summed E-state index contributed by atoms with van der Waals surface area (Å²) in [5.41, 5.74) is 0.661. The Morgan fingerprint density at radius 2 is 1.62 bits per heavy atom. The Hall–Kier alpha value is -1.89. The number of hydrogen-bond donors (Lipinski definition) is 1. The van der Waals surface area contributed by atoms with Crippen LogP contribution >= 0.6 is 0 Å². The van der Waals surface area contributed by atoms with Crippen LogP contribution in [0, 0.1) is 6.92 Å². The number of hydrogen-bond acceptors (Lipinski definition) is 4. The molecule has 0 atom stereocenters. The summed E-state index contributed by atoms with van der Waals surface area (Å²) in [5, 5.41) is 0. The van der Waals surface area contributed by atoms with Crippen molar-refractivity contribution in [2.75, 3.05) is 13.2 Å². The van der Waals surface area contributed by atoms with Crippen molar-refractivity contribution in [3.05, 3.63) is 60.2 Å². The highest BCUT2D eigenvalue weighted by atomic mass is 32.2. The standard InChI is InChI=1S/C15H17NO4S/c1-13-7-5-6-10-15(13)21(17,18)16-20-12-11-19-14-8-3-2-4-9-14/h2-10,16H,11-12H2,1H3. The van der Waals surface area contributed by atoms with Gasteiger partial charge in [-0.1, -0.05) is 41.3 Å². The van der Waals surface area contributed by atoms with Gasteiger partial charge in [0.25, 0.3) is 10.0 Å². The Morgan fingerprint density at radius 3 is 2.33 bits per heavy atom. The molecule has 1 N–H and O–H groups in total. The highest BCUT2D eigenvalue weighted by molar-refractivity contribution is 7.89. The molecule has 0 spiro atoms. The maximum absolute atomic E-state index is 12.0. The van der Waals surface area contributed by atoms with Crippen molar-refractivity contribution in [1.29, 1.82) is 0 Å². The van der Waals surface area contributed by atoms with Crippen LogP contribution in [0.4, 0.5) is 0 Å². The minimum atomic E-state index is -3.66. The van der Waals surface area contributed by atoms with Crippen LogP contribution in [-0.2, 0) is 14.9 Å². The highest BCUT2D eigenvalue weighted by Gasteiger charge is 2.15. The summed E-state index contributed by atoms with van der Waals surface area (Å²) in [6.45, 7) is 2.09. The first kappa shape index (κ1) is 15.5. The molecule has 2 rings (SSSR count). The van der Waals surface area contributed by atoms with E-state index in [2.05, 4.69) is 4.89 Å². The van der Waals surface area contributed by atoms with E-state index < -0.39 is 10.0 Å². The molecule has 21 heavy (non-hydrogen) atoms. The predicted octanol–water partition coefficient (Wildman–Crippen LogP) is 2.28. The third kappa shape index (κ3) is 4.56. The number of aryl methyl sites for hydroxylation is 1. The van der Waals surface area contributed by atoms with Gasteiger partial charge >= 0.3 is 0 Å². The van der Waals surface area contributed by atoms with Gasteiger partial charge in [0.15, 0.2) is 0 Å². The molecule has 0 aliphatic heterocycles. The Labute approximate surface area is 124 Å². The van der Waals surface area contributed by atoms with Gasteiger partial charge < -0.3 is 4.74 Å². The second kappa shape index (κ2) is 7.21. The number of ether oxygens (including phenoxy) is 1. The van der Waals surface area contributed by atoms with Gasteiger partial charge in [-0.3, -0.25) is 4.84 Å². The van der Waals surface area contributed by atoms with Crippen LogP contribution in [0.15, 0.2) is 59.5 Å². The second-order valence-electron chi connectivity index (χ2n) is 4.36. The number of nitrogens with one attached hydrogen (secondary N) is 1. The minimum Gasteiger partial charge on any atom is -0.491 e. The van der Waals surface area contributed by atoms with Crippen molar-refractivity contribution in [1.82, 2.24) is 4.89 Å². The maximum Gasteiger partial charge on any atom is 0.262 e. The summed E-state index contributed by atoms with van der Waals surface area (Å²) in [5.74, 6) is 0.711. The molecule has 0 saturated carbocycles. The SMILES string of the molecule is Cc1ccccc1S(=O)(=O)NOCCOc1ccccc1. The Morgan fingerprint density at radius 1 is 0.952 bits per heavy atom.